The summed E-state index contributed by atoms with van der Waals surface area (Å²) in [7, 11) is 0. The van der Waals surface area contributed by atoms with Crippen LogP contribution in [0.4, 0.5) is 0 Å². The molecule has 104 valence electrons. The van der Waals surface area contributed by atoms with Gasteiger partial charge in [0.25, 0.3) is 0 Å². The Balaban J connectivity index is 2.58. The van der Waals surface area contributed by atoms with Crippen LogP contribution in [0, 0.1) is 6.92 Å². The van der Waals surface area contributed by atoms with Crippen LogP contribution in [0.15, 0.2) is 6.07 Å². The van der Waals surface area contributed by atoms with Gasteiger partial charge in [0, 0.05) is 5.56 Å². The van der Waals surface area contributed by atoms with Crippen molar-refractivity contribution < 1.29 is 14.3 Å². The molecule has 4 heteroatoms. The smallest absolute Gasteiger partial charge is 0.339 e. The monoisotopic (exact) mass is 263 g/mol. The van der Waals surface area contributed by atoms with E-state index in [2.05, 4.69) is 4.98 Å². The lowest BCUT2D eigenvalue weighted by Crippen LogP contribution is -2.22. The summed E-state index contributed by atoms with van der Waals surface area (Å²) in [6, 6.07) is 1.87. The van der Waals surface area contributed by atoms with Crippen LogP contribution in [-0.4, -0.2) is 17.6 Å². The van der Waals surface area contributed by atoms with Gasteiger partial charge in [-0.25, -0.2) is 4.79 Å². The summed E-state index contributed by atoms with van der Waals surface area (Å²) in [5.41, 5.74) is 2.20. The van der Waals surface area contributed by atoms with Crippen LogP contribution >= 0.6 is 0 Å². The molecule has 0 N–H and O–H groups in total. The van der Waals surface area contributed by atoms with Gasteiger partial charge in [-0.15, -0.1) is 0 Å². The van der Waals surface area contributed by atoms with E-state index < -0.39 is 11.2 Å². The first-order chi connectivity index (χ1) is 8.69. The predicted molar refractivity (Wildman–Crippen MR) is 72.1 cm³/mol. The molecule has 1 aliphatic rings. The van der Waals surface area contributed by atoms with Crippen LogP contribution < -0.4 is 0 Å². The summed E-state index contributed by atoms with van der Waals surface area (Å²) < 4.78 is 11.1. The maximum atomic E-state index is 11.9. The second-order valence-corrected chi connectivity index (χ2v) is 5.86. The second-order valence-electron chi connectivity index (χ2n) is 5.86. The molecule has 2 rings (SSSR count). The summed E-state index contributed by atoms with van der Waals surface area (Å²) in [5.74, 6) is -0.323. The molecule has 0 radical (unpaired) electrons. The minimum Gasteiger partial charge on any atom is -0.462 e. The summed E-state index contributed by atoms with van der Waals surface area (Å²) in [5, 5.41) is 0. The van der Waals surface area contributed by atoms with Crippen molar-refractivity contribution in [3.05, 3.63) is 28.6 Å². The summed E-state index contributed by atoms with van der Waals surface area (Å²) in [6.07, 6.45) is 0. The van der Waals surface area contributed by atoms with Crippen LogP contribution in [-0.2, 0) is 20.7 Å². The van der Waals surface area contributed by atoms with Crippen LogP contribution in [0.1, 0.15) is 61.9 Å². The zero-order valence-electron chi connectivity index (χ0n) is 12.5. The molecule has 0 unspecified atom stereocenters. The van der Waals surface area contributed by atoms with Crippen molar-refractivity contribution >= 4 is 5.97 Å². The molecule has 1 aromatic heterocycles. The number of aryl methyl sites for hydroxylation is 1. The highest BCUT2D eigenvalue weighted by atomic mass is 16.5. The minimum atomic E-state index is -0.444. The van der Waals surface area contributed by atoms with E-state index in [4.69, 9.17) is 9.47 Å². The van der Waals surface area contributed by atoms with Crippen molar-refractivity contribution in [1.82, 2.24) is 4.98 Å². The van der Waals surface area contributed by atoms with Crippen LogP contribution in [0.2, 0.25) is 0 Å². The number of nitrogens with zero attached hydrogens (tertiary/aromatic N) is 1. The Morgan fingerprint density at radius 1 is 1.32 bits per heavy atom. The van der Waals surface area contributed by atoms with Gasteiger partial charge in [-0.2, -0.15) is 0 Å². The molecule has 0 saturated carbocycles. The van der Waals surface area contributed by atoms with Gasteiger partial charge < -0.3 is 9.47 Å². The molecule has 0 aliphatic carbocycles. The standard InChI is InChI=1S/C15H21NO3/c1-7-18-13(17)10-8-11-12(16-9(10)2)15(5,6)19-14(11,3)4/h8H,7H2,1-6H3. The summed E-state index contributed by atoms with van der Waals surface area (Å²) in [6.45, 7) is 12.0. The third-order valence-corrected chi connectivity index (χ3v) is 3.44. The van der Waals surface area contributed by atoms with Gasteiger partial charge in [0.05, 0.1) is 29.2 Å². The van der Waals surface area contributed by atoms with Crippen molar-refractivity contribution in [2.45, 2.75) is 52.7 Å². The molecule has 0 bridgehead atoms. The Morgan fingerprint density at radius 2 is 1.95 bits per heavy atom. The SMILES string of the molecule is CCOC(=O)c1cc2c(nc1C)C(C)(C)OC2(C)C. The lowest BCUT2D eigenvalue weighted by molar-refractivity contribution is -0.106. The lowest BCUT2D eigenvalue weighted by Gasteiger charge is -2.24. The number of carbonyl (C=O) groups excluding carboxylic acids is 1. The maximum Gasteiger partial charge on any atom is 0.339 e. The molecule has 2 heterocycles. The van der Waals surface area contributed by atoms with Crippen molar-refractivity contribution in [2.75, 3.05) is 6.61 Å². The Hall–Kier alpha value is -1.42. The van der Waals surface area contributed by atoms with Gasteiger partial charge in [0.2, 0.25) is 0 Å². The first-order valence-electron chi connectivity index (χ1n) is 6.59. The van der Waals surface area contributed by atoms with Crippen molar-refractivity contribution in [1.29, 1.82) is 0 Å². The van der Waals surface area contributed by atoms with Crippen molar-refractivity contribution in [2.24, 2.45) is 0 Å². The highest BCUT2D eigenvalue weighted by Crippen LogP contribution is 2.46. The fourth-order valence-corrected chi connectivity index (χ4v) is 2.68. The molecule has 19 heavy (non-hydrogen) atoms. The largest absolute Gasteiger partial charge is 0.462 e. The highest BCUT2D eigenvalue weighted by molar-refractivity contribution is 5.91. The normalized spacial score (nSPS) is 19.1. The number of hydrogen-bond donors (Lipinski definition) is 0. The molecule has 0 atom stereocenters. The number of esters is 1. The number of pyridine rings is 1. The van der Waals surface area contributed by atoms with E-state index in [9.17, 15) is 4.79 Å². The maximum absolute atomic E-state index is 11.9. The molecular formula is C15H21NO3. The zero-order chi connectivity index (χ0) is 14.4. The molecule has 0 fully saturated rings. The van der Waals surface area contributed by atoms with E-state index >= 15 is 0 Å². The van der Waals surface area contributed by atoms with E-state index in [0.29, 0.717) is 17.9 Å². The Morgan fingerprint density at radius 3 is 2.53 bits per heavy atom. The van der Waals surface area contributed by atoms with Gasteiger partial charge in [-0.3, -0.25) is 4.98 Å². The van der Waals surface area contributed by atoms with E-state index in [0.717, 1.165) is 11.3 Å². The Labute approximate surface area is 114 Å². The van der Waals surface area contributed by atoms with Crippen LogP contribution in [0.25, 0.3) is 0 Å². The number of carbonyl (C=O) groups is 1. The number of aromatic nitrogens is 1. The molecule has 1 aromatic rings. The fourth-order valence-electron chi connectivity index (χ4n) is 2.68. The van der Waals surface area contributed by atoms with E-state index in [1.54, 1.807) is 6.92 Å². The van der Waals surface area contributed by atoms with E-state index in [1.165, 1.54) is 0 Å². The van der Waals surface area contributed by atoms with E-state index in [-0.39, 0.29) is 5.97 Å². The molecule has 0 amide bonds. The van der Waals surface area contributed by atoms with Crippen LogP contribution in [0.3, 0.4) is 0 Å². The van der Waals surface area contributed by atoms with Crippen molar-refractivity contribution in [3.63, 3.8) is 0 Å². The highest BCUT2D eigenvalue weighted by Gasteiger charge is 2.45. The average molecular weight is 263 g/mol. The summed E-state index contributed by atoms with van der Waals surface area (Å²) in [4.78, 5) is 16.5. The zero-order valence-corrected chi connectivity index (χ0v) is 12.5. The lowest BCUT2D eigenvalue weighted by atomic mass is 9.93. The van der Waals surface area contributed by atoms with Gasteiger partial charge >= 0.3 is 5.97 Å². The van der Waals surface area contributed by atoms with Gasteiger partial charge in [-0.1, -0.05) is 0 Å². The molecule has 0 aromatic carbocycles. The van der Waals surface area contributed by atoms with Gasteiger partial charge in [-0.05, 0) is 47.6 Å². The predicted octanol–water partition coefficient (Wildman–Crippen LogP) is 3.07. The Kier molecular flexibility index (Phi) is 3.17. The average Bonchev–Trinajstić information content (AvgIpc) is 2.43. The fraction of sp³-hybridized carbons (Fsp3) is 0.600. The van der Waals surface area contributed by atoms with E-state index in [1.807, 2.05) is 40.7 Å². The number of fused-ring (bicyclic) bond motifs is 1. The molecule has 0 spiro atoms. The minimum absolute atomic E-state index is 0.323. The quantitative estimate of drug-likeness (QED) is 0.769. The Bertz CT molecular complexity index is 532. The third kappa shape index (κ3) is 2.25. The molecule has 1 aliphatic heterocycles. The first kappa shape index (κ1) is 14.0. The number of ether oxygens (including phenoxy) is 2. The molecular weight excluding hydrogens is 242 g/mol. The number of rotatable bonds is 2. The summed E-state index contributed by atoms with van der Waals surface area (Å²) >= 11 is 0. The topological polar surface area (TPSA) is 48.4 Å². The molecule has 4 nitrogen and oxygen atoms in total. The first-order valence-corrected chi connectivity index (χ1v) is 6.59. The third-order valence-electron chi connectivity index (χ3n) is 3.44. The van der Waals surface area contributed by atoms with Crippen LogP contribution in [0.5, 0.6) is 0 Å². The molecule has 0 saturated heterocycles. The second kappa shape index (κ2) is 4.30. The van der Waals surface area contributed by atoms with Crippen molar-refractivity contribution in [3.8, 4) is 0 Å². The van der Waals surface area contributed by atoms with Gasteiger partial charge in [0.1, 0.15) is 5.60 Å². The number of hydrogen-bond acceptors (Lipinski definition) is 4. The van der Waals surface area contributed by atoms with Gasteiger partial charge in [0.15, 0.2) is 0 Å².